The van der Waals surface area contributed by atoms with Crippen molar-refractivity contribution in [2.24, 2.45) is 17.8 Å². The van der Waals surface area contributed by atoms with Crippen molar-refractivity contribution in [3.8, 4) is 6.07 Å². The molecule has 0 bridgehead atoms. The Kier molecular flexibility index (Phi) is 9.56. The molecule has 27 heavy (non-hydrogen) atoms. The highest BCUT2D eigenvalue weighted by Gasteiger charge is 2.38. The van der Waals surface area contributed by atoms with Gasteiger partial charge in [-0.25, -0.2) is 0 Å². The third-order valence-electron chi connectivity index (χ3n) is 7.15. The molecule has 0 unspecified atom stereocenters. The maximum atomic E-state index is 12.8. The third kappa shape index (κ3) is 7.07. The number of halogens is 1. The van der Waals surface area contributed by atoms with E-state index in [2.05, 4.69) is 6.92 Å². The standard InChI is InChI=1S/C24H38FNO/c1-3-4-8-20-10-12-21(13-11-20)22-14-17-24(27-2,18-15-22)16-7-5-6-9-23(25)19-26/h5-6,9,20-22H,3-4,7-8,10-18H2,1-2H3/t20-,21-,22-,24+. The summed E-state index contributed by atoms with van der Waals surface area (Å²) >= 11 is 0. The van der Waals surface area contributed by atoms with Crippen molar-refractivity contribution in [1.29, 1.82) is 5.26 Å². The second kappa shape index (κ2) is 11.6. The monoisotopic (exact) mass is 375 g/mol. The molecule has 0 radical (unpaired) electrons. The third-order valence-corrected chi connectivity index (χ3v) is 7.15. The first-order chi connectivity index (χ1) is 13.1. The molecule has 2 aliphatic carbocycles. The van der Waals surface area contributed by atoms with Crippen molar-refractivity contribution in [3.05, 3.63) is 24.1 Å². The summed E-state index contributed by atoms with van der Waals surface area (Å²) in [6.07, 6.45) is 21.5. The van der Waals surface area contributed by atoms with Crippen LogP contribution in [0.25, 0.3) is 0 Å². The highest BCUT2D eigenvalue weighted by atomic mass is 19.1. The molecule has 0 heterocycles. The second-order valence-electron chi connectivity index (χ2n) is 8.74. The van der Waals surface area contributed by atoms with Crippen molar-refractivity contribution < 1.29 is 9.13 Å². The van der Waals surface area contributed by atoms with E-state index in [9.17, 15) is 4.39 Å². The lowest BCUT2D eigenvalue weighted by molar-refractivity contribution is -0.0618. The number of allylic oxidation sites excluding steroid dienone is 4. The zero-order valence-corrected chi connectivity index (χ0v) is 17.4. The summed E-state index contributed by atoms with van der Waals surface area (Å²) in [6.45, 7) is 2.30. The molecule has 0 aromatic heterocycles. The first-order valence-electron chi connectivity index (χ1n) is 11.1. The van der Waals surface area contributed by atoms with Crippen LogP contribution in [0.5, 0.6) is 0 Å². The lowest BCUT2D eigenvalue weighted by Gasteiger charge is -2.43. The van der Waals surface area contributed by atoms with Crippen molar-refractivity contribution in [1.82, 2.24) is 0 Å². The van der Waals surface area contributed by atoms with Gasteiger partial charge in [-0.15, -0.1) is 0 Å². The Labute approximate surface area is 165 Å². The SMILES string of the molecule is CCCC[C@H]1CC[C@H]([C@H]2CC[C@@](CCC=CC=C(F)C#N)(OC)CC2)CC1. The fraction of sp³-hybridized carbons (Fsp3) is 0.792. The molecule has 0 spiro atoms. The van der Waals surface area contributed by atoms with E-state index in [0.717, 1.165) is 43.4 Å². The van der Waals surface area contributed by atoms with Gasteiger partial charge >= 0.3 is 0 Å². The van der Waals surface area contributed by atoms with Crippen LogP contribution in [-0.4, -0.2) is 12.7 Å². The number of rotatable bonds is 9. The Hall–Kier alpha value is -1.14. The molecule has 152 valence electrons. The van der Waals surface area contributed by atoms with E-state index in [-0.39, 0.29) is 5.60 Å². The molecule has 2 nitrogen and oxygen atoms in total. The Morgan fingerprint density at radius 1 is 1.15 bits per heavy atom. The zero-order chi connectivity index (χ0) is 19.5. The summed E-state index contributed by atoms with van der Waals surface area (Å²) in [5.41, 5.74) is -0.00332. The first kappa shape index (κ1) is 22.2. The first-order valence-corrected chi connectivity index (χ1v) is 11.1. The lowest BCUT2D eigenvalue weighted by atomic mass is 9.67. The van der Waals surface area contributed by atoms with Gasteiger partial charge in [-0.2, -0.15) is 9.65 Å². The van der Waals surface area contributed by atoms with Gasteiger partial charge in [0.2, 0.25) is 0 Å². The van der Waals surface area contributed by atoms with E-state index in [1.165, 1.54) is 69.9 Å². The van der Waals surface area contributed by atoms with Gasteiger partial charge in [-0.3, -0.25) is 0 Å². The lowest BCUT2D eigenvalue weighted by Crippen LogP contribution is -2.38. The van der Waals surface area contributed by atoms with Gasteiger partial charge in [0, 0.05) is 7.11 Å². The van der Waals surface area contributed by atoms with Gasteiger partial charge in [0.25, 0.3) is 0 Å². The van der Waals surface area contributed by atoms with Crippen LogP contribution in [0.4, 0.5) is 4.39 Å². The predicted molar refractivity (Wildman–Crippen MR) is 110 cm³/mol. The predicted octanol–water partition coefficient (Wildman–Crippen LogP) is 7.27. The van der Waals surface area contributed by atoms with Gasteiger partial charge in [0.05, 0.1) is 5.60 Å². The van der Waals surface area contributed by atoms with Crippen LogP contribution in [-0.2, 0) is 4.74 Å². The molecular formula is C24H38FNO. The minimum atomic E-state index is -0.738. The fourth-order valence-corrected chi connectivity index (χ4v) is 5.27. The van der Waals surface area contributed by atoms with E-state index in [1.54, 1.807) is 6.08 Å². The van der Waals surface area contributed by atoms with Gasteiger partial charge in [0.15, 0.2) is 5.83 Å². The van der Waals surface area contributed by atoms with Gasteiger partial charge in [-0.05, 0) is 75.2 Å². The van der Waals surface area contributed by atoms with Crippen molar-refractivity contribution in [2.45, 2.75) is 96.0 Å². The number of nitrogens with zero attached hydrogens (tertiary/aromatic N) is 1. The second-order valence-corrected chi connectivity index (χ2v) is 8.74. The molecule has 0 saturated heterocycles. The van der Waals surface area contributed by atoms with Crippen LogP contribution in [0, 0.1) is 29.1 Å². The largest absolute Gasteiger partial charge is 0.378 e. The number of unbranched alkanes of at least 4 members (excludes halogenated alkanes) is 1. The number of hydrogen-bond donors (Lipinski definition) is 0. The normalized spacial score (nSPS) is 32.5. The highest BCUT2D eigenvalue weighted by molar-refractivity contribution is 5.18. The Morgan fingerprint density at radius 2 is 1.81 bits per heavy atom. The van der Waals surface area contributed by atoms with Crippen LogP contribution in [0.1, 0.15) is 90.4 Å². The summed E-state index contributed by atoms with van der Waals surface area (Å²) in [4.78, 5) is 0. The van der Waals surface area contributed by atoms with E-state index in [0.29, 0.717) is 0 Å². The van der Waals surface area contributed by atoms with Crippen LogP contribution in [0.2, 0.25) is 0 Å². The molecule has 0 N–H and O–H groups in total. The molecule has 0 aromatic carbocycles. The smallest absolute Gasteiger partial charge is 0.199 e. The minimum absolute atomic E-state index is 0.00332. The van der Waals surface area contributed by atoms with E-state index >= 15 is 0 Å². The van der Waals surface area contributed by atoms with Crippen molar-refractivity contribution in [2.75, 3.05) is 7.11 Å². The summed E-state index contributed by atoms with van der Waals surface area (Å²) in [5, 5.41) is 8.41. The summed E-state index contributed by atoms with van der Waals surface area (Å²) in [6, 6.07) is 1.49. The molecule has 0 aliphatic heterocycles. The number of ether oxygens (including phenoxy) is 1. The molecule has 2 saturated carbocycles. The summed E-state index contributed by atoms with van der Waals surface area (Å²) < 4.78 is 18.7. The van der Waals surface area contributed by atoms with Crippen LogP contribution >= 0.6 is 0 Å². The van der Waals surface area contributed by atoms with Crippen molar-refractivity contribution >= 4 is 0 Å². The fourth-order valence-electron chi connectivity index (χ4n) is 5.27. The molecule has 0 amide bonds. The topological polar surface area (TPSA) is 33.0 Å². The van der Waals surface area contributed by atoms with Crippen LogP contribution < -0.4 is 0 Å². The molecule has 2 aliphatic rings. The average Bonchev–Trinajstić information content (AvgIpc) is 2.72. The van der Waals surface area contributed by atoms with Gasteiger partial charge in [-0.1, -0.05) is 51.2 Å². The van der Waals surface area contributed by atoms with Crippen LogP contribution in [0.15, 0.2) is 24.1 Å². The average molecular weight is 376 g/mol. The summed E-state index contributed by atoms with van der Waals surface area (Å²) in [7, 11) is 1.85. The molecule has 2 fully saturated rings. The Balaban J connectivity index is 1.73. The summed E-state index contributed by atoms with van der Waals surface area (Å²) in [5.74, 6) is 2.09. The van der Waals surface area contributed by atoms with Crippen LogP contribution in [0.3, 0.4) is 0 Å². The Bertz CT molecular complexity index is 517. The molecule has 0 aromatic rings. The highest BCUT2D eigenvalue weighted by Crippen LogP contribution is 2.45. The molecule has 0 atom stereocenters. The number of hydrogen-bond acceptors (Lipinski definition) is 2. The van der Waals surface area contributed by atoms with Gasteiger partial charge < -0.3 is 4.74 Å². The Morgan fingerprint density at radius 3 is 2.41 bits per heavy atom. The van der Waals surface area contributed by atoms with E-state index < -0.39 is 5.83 Å². The van der Waals surface area contributed by atoms with Gasteiger partial charge in [0.1, 0.15) is 6.07 Å². The number of nitriles is 1. The molecular weight excluding hydrogens is 337 g/mol. The minimum Gasteiger partial charge on any atom is -0.378 e. The van der Waals surface area contributed by atoms with E-state index in [1.807, 2.05) is 13.2 Å². The van der Waals surface area contributed by atoms with E-state index in [4.69, 9.17) is 10.00 Å². The quantitative estimate of drug-likeness (QED) is 0.313. The molecule has 2 rings (SSSR count). The molecule has 3 heteroatoms. The van der Waals surface area contributed by atoms with Crippen molar-refractivity contribution in [3.63, 3.8) is 0 Å². The zero-order valence-electron chi connectivity index (χ0n) is 17.4. The number of methoxy groups -OCH3 is 1. The maximum Gasteiger partial charge on any atom is 0.199 e. The maximum absolute atomic E-state index is 12.8.